The van der Waals surface area contributed by atoms with Gasteiger partial charge < -0.3 is 15.0 Å². The molecule has 0 aromatic heterocycles. The van der Waals surface area contributed by atoms with Crippen LogP contribution in [0.5, 0.6) is 0 Å². The molecule has 1 aliphatic rings. The molecule has 22 heavy (non-hydrogen) atoms. The summed E-state index contributed by atoms with van der Waals surface area (Å²) in [5.74, 6) is -0.118. The van der Waals surface area contributed by atoms with Crippen LogP contribution in [0.1, 0.15) is 60.3 Å². The van der Waals surface area contributed by atoms with Crippen LogP contribution in [-0.2, 0) is 9.53 Å². The molecule has 0 bridgehead atoms. The number of alkyl carbamates (subject to hydrolysis) is 1. The number of halogens is 1. The van der Waals surface area contributed by atoms with Crippen molar-refractivity contribution in [2.45, 2.75) is 84.0 Å². The zero-order valence-electron chi connectivity index (χ0n) is 14.3. The Hall–Kier alpha value is -0.970. The van der Waals surface area contributed by atoms with Crippen molar-refractivity contribution in [1.29, 1.82) is 0 Å². The van der Waals surface area contributed by atoms with Crippen LogP contribution in [-0.4, -0.2) is 46.5 Å². The Kier molecular flexibility index (Phi) is 6.98. The van der Waals surface area contributed by atoms with Crippen LogP contribution in [0, 0.1) is 0 Å². The van der Waals surface area contributed by atoms with E-state index in [2.05, 4.69) is 5.32 Å². The second-order valence-corrected chi connectivity index (χ2v) is 7.40. The number of hydrogen-bond acceptors (Lipinski definition) is 3. The third-order valence-electron chi connectivity index (χ3n) is 3.75. The van der Waals surface area contributed by atoms with Gasteiger partial charge in [-0.1, -0.05) is 12.8 Å². The first-order valence-corrected chi connectivity index (χ1v) is 8.56. The van der Waals surface area contributed by atoms with E-state index in [4.69, 9.17) is 16.3 Å². The standard InChI is InChI=1S/C16H29ClN2O3/c1-11(2)19(14(20)10-17)13-9-7-6-8-12(13)18-15(21)22-16(3,4)5/h11-13H,6-10H2,1-5H3,(H,18,21)/t12-,13-/m1/s1. The van der Waals surface area contributed by atoms with Crippen LogP contribution in [0.2, 0.25) is 0 Å². The van der Waals surface area contributed by atoms with Gasteiger partial charge in [0.15, 0.2) is 0 Å². The minimum absolute atomic E-state index is 0.0208. The van der Waals surface area contributed by atoms with Crippen molar-refractivity contribution in [1.82, 2.24) is 10.2 Å². The molecule has 0 heterocycles. The molecule has 1 fully saturated rings. The Morgan fingerprint density at radius 2 is 1.86 bits per heavy atom. The number of nitrogens with zero attached hydrogens (tertiary/aromatic N) is 1. The van der Waals surface area contributed by atoms with Crippen LogP contribution in [0.15, 0.2) is 0 Å². The van der Waals surface area contributed by atoms with E-state index >= 15 is 0 Å². The molecule has 0 spiro atoms. The van der Waals surface area contributed by atoms with Crippen LogP contribution in [0.4, 0.5) is 4.79 Å². The fourth-order valence-electron chi connectivity index (χ4n) is 3.00. The highest BCUT2D eigenvalue weighted by Gasteiger charge is 2.35. The number of hydrogen-bond donors (Lipinski definition) is 1. The number of nitrogens with one attached hydrogen (secondary N) is 1. The summed E-state index contributed by atoms with van der Waals surface area (Å²) < 4.78 is 5.34. The van der Waals surface area contributed by atoms with E-state index in [1.54, 1.807) is 0 Å². The third kappa shape index (κ3) is 5.67. The molecule has 0 aromatic carbocycles. The molecule has 1 aliphatic carbocycles. The van der Waals surface area contributed by atoms with Gasteiger partial charge in [0.25, 0.3) is 0 Å². The lowest BCUT2D eigenvalue weighted by molar-refractivity contribution is -0.134. The molecule has 1 N–H and O–H groups in total. The minimum Gasteiger partial charge on any atom is -0.444 e. The second-order valence-electron chi connectivity index (χ2n) is 7.13. The van der Waals surface area contributed by atoms with Crippen LogP contribution in [0.3, 0.4) is 0 Å². The van der Waals surface area contributed by atoms with Crippen molar-refractivity contribution in [2.75, 3.05) is 5.88 Å². The molecule has 5 nitrogen and oxygen atoms in total. The van der Waals surface area contributed by atoms with Gasteiger partial charge in [-0.2, -0.15) is 0 Å². The summed E-state index contributed by atoms with van der Waals surface area (Å²) >= 11 is 5.75. The maximum Gasteiger partial charge on any atom is 0.407 e. The van der Waals surface area contributed by atoms with E-state index in [1.807, 2.05) is 39.5 Å². The summed E-state index contributed by atoms with van der Waals surface area (Å²) in [5, 5.41) is 2.94. The Morgan fingerprint density at radius 3 is 2.36 bits per heavy atom. The average molecular weight is 333 g/mol. The smallest absolute Gasteiger partial charge is 0.407 e. The summed E-state index contributed by atoms with van der Waals surface area (Å²) in [5.41, 5.74) is -0.530. The monoisotopic (exact) mass is 332 g/mol. The van der Waals surface area contributed by atoms with E-state index in [9.17, 15) is 9.59 Å². The third-order valence-corrected chi connectivity index (χ3v) is 3.98. The van der Waals surface area contributed by atoms with Crippen molar-refractivity contribution < 1.29 is 14.3 Å². The maximum atomic E-state index is 12.2. The highest BCUT2D eigenvalue weighted by Crippen LogP contribution is 2.25. The Labute approximate surface area is 138 Å². The molecule has 2 atom stereocenters. The Morgan fingerprint density at radius 1 is 1.27 bits per heavy atom. The molecule has 0 aromatic rings. The van der Waals surface area contributed by atoms with Gasteiger partial charge in [0, 0.05) is 6.04 Å². The summed E-state index contributed by atoms with van der Waals surface area (Å²) in [6.07, 6.45) is 3.39. The van der Waals surface area contributed by atoms with Gasteiger partial charge in [-0.15, -0.1) is 11.6 Å². The number of carbonyl (C=O) groups excluding carboxylic acids is 2. The van der Waals surface area contributed by atoms with Gasteiger partial charge in [-0.05, 0) is 47.5 Å². The molecular weight excluding hydrogens is 304 g/mol. The number of alkyl halides is 1. The molecule has 1 rings (SSSR count). The number of ether oxygens (including phenoxy) is 1. The Balaban J connectivity index is 2.81. The van der Waals surface area contributed by atoms with E-state index in [1.165, 1.54) is 0 Å². The zero-order chi connectivity index (χ0) is 16.9. The largest absolute Gasteiger partial charge is 0.444 e. The molecule has 0 saturated heterocycles. The fraction of sp³-hybridized carbons (Fsp3) is 0.875. The van der Waals surface area contributed by atoms with E-state index in [-0.39, 0.29) is 29.9 Å². The van der Waals surface area contributed by atoms with Crippen LogP contribution < -0.4 is 5.32 Å². The lowest BCUT2D eigenvalue weighted by atomic mass is 9.88. The fourth-order valence-corrected chi connectivity index (χ4v) is 3.13. The lowest BCUT2D eigenvalue weighted by Gasteiger charge is -2.42. The summed E-state index contributed by atoms with van der Waals surface area (Å²) in [7, 11) is 0. The molecule has 1 saturated carbocycles. The van der Waals surface area contributed by atoms with Crippen LogP contribution >= 0.6 is 11.6 Å². The van der Waals surface area contributed by atoms with Crippen molar-refractivity contribution in [3.8, 4) is 0 Å². The van der Waals surface area contributed by atoms with Gasteiger partial charge in [0.2, 0.25) is 5.91 Å². The van der Waals surface area contributed by atoms with Crippen LogP contribution in [0.25, 0.3) is 0 Å². The van der Waals surface area contributed by atoms with Crippen molar-refractivity contribution in [3.63, 3.8) is 0 Å². The van der Waals surface area contributed by atoms with E-state index in [0.717, 1.165) is 25.7 Å². The molecule has 2 amide bonds. The van der Waals surface area contributed by atoms with Gasteiger partial charge in [0.05, 0.1) is 12.1 Å². The predicted octanol–water partition coefficient (Wildman–Crippen LogP) is 3.30. The molecule has 128 valence electrons. The minimum atomic E-state index is -0.530. The van der Waals surface area contributed by atoms with E-state index < -0.39 is 11.7 Å². The van der Waals surface area contributed by atoms with Gasteiger partial charge in [0.1, 0.15) is 11.5 Å². The zero-order valence-corrected chi connectivity index (χ0v) is 15.1. The lowest BCUT2D eigenvalue weighted by Crippen LogP contribution is -2.57. The summed E-state index contributed by atoms with van der Waals surface area (Å²) in [6, 6.07) is -0.0528. The molecule has 6 heteroatoms. The quantitative estimate of drug-likeness (QED) is 0.803. The number of amides is 2. The van der Waals surface area contributed by atoms with Gasteiger partial charge in [-0.25, -0.2) is 4.79 Å². The first-order valence-electron chi connectivity index (χ1n) is 8.02. The maximum absolute atomic E-state index is 12.2. The first-order chi connectivity index (χ1) is 10.2. The SMILES string of the molecule is CC(C)N(C(=O)CCl)[C@@H]1CCCC[C@H]1NC(=O)OC(C)(C)C. The topological polar surface area (TPSA) is 58.6 Å². The summed E-state index contributed by atoms with van der Waals surface area (Å²) in [4.78, 5) is 26.0. The molecule has 0 unspecified atom stereocenters. The average Bonchev–Trinajstić information content (AvgIpc) is 2.38. The van der Waals surface area contributed by atoms with Gasteiger partial charge in [-0.3, -0.25) is 4.79 Å². The highest BCUT2D eigenvalue weighted by molar-refractivity contribution is 6.27. The normalized spacial score (nSPS) is 22.3. The molecule has 0 radical (unpaired) electrons. The number of carbonyl (C=O) groups is 2. The Bertz CT molecular complexity index is 393. The second kappa shape index (κ2) is 8.04. The predicted molar refractivity (Wildman–Crippen MR) is 88.1 cm³/mol. The number of rotatable bonds is 4. The molecule has 0 aliphatic heterocycles. The van der Waals surface area contributed by atoms with Crippen molar-refractivity contribution in [3.05, 3.63) is 0 Å². The summed E-state index contributed by atoms with van der Waals surface area (Å²) in [6.45, 7) is 9.46. The van der Waals surface area contributed by atoms with Gasteiger partial charge >= 0.3 is 6.09 Å². The van der Waals surface area contributed by atoms with Crippen molar-refractivity contribution >= 4 is 23.6 Å². The highest BCUT2D eigenvalue weighted by atomic mass is 35.5. The van der Waals surface area contributed by atoms with E-state index in [0.29, 0.717) is 0 Å². The van der Waals surface area contributed by atoms with Crippen molar-refractivity contribution in [2.24, 2.45) is 0 Å². The first kappa shape index (κ1) is 19.1. The molecular formula is C16H29ClN2O3.